The lowest BCUT2D eigenvalue weighted by Gasteiger charge is -2.27. The first kappa shape index (κ1) is 22.6. The largest absolute Gasteiger partial charge is 0.454 e. The van der Waals surface area contributed by atoms with E-state index < -0.39 is 0 Å². The molecule has 3 rings (SSSR count). The molecular weight excluding hydrogens is 471 g/mol. The predicted molar refractivity (Wildman–Crippen MR) is 121 cm³/mol. The van der Waals surface area contributed by atoms with E-state index in [-0.39, 0.29) is 48.1 Å². The van der Waals surface area contributed by atoms with Gasteiger partial charge in [-0.3, -0.25) is 9.79 Å². The Kier molecular flexibility index (Phi) is 7.79. The third-order valence-electron chi connectivity index (χ3n) is 5.26. The Balaban J connectivity index is 0.00000280. The molecule has 156 valence electrons. The minimum absolute atomic E-state index is 0. The molecule has 1 aromatic carbocycles. The van der Waals surface area contributed by atoms with E-state index >= 15 is 0 Å². The van der Waals surface area contributed by atoms with Gasteiger partial charge in [-0.05, 0) is 24.1 Å². The molecule has 1 aromatic rings. The lowest BCUT2D eigenvalue weighted by atomic mass is 9.84. The van der Waals surface area contributed by atoms with Crippen molar-refractivity contribution in [3.05, 3.63) is 23.8 Å². The monoisotopic (exact) mass is 502 g/mol. The number of hydrogen-bond donors (Lipinski definition) is 2. The lowest BCUT2D eigenvalue weighted by Crippen LogP contribution is -2.48. The fraction of sp³-hybridized carbons (Fsp3) is 0.600. The highest BCUT2D eigenvalue weighted by atomic mass is 127. The van der Waals surface area contributed by atoms with Crippen molar-refractivity contribution >= 4 is 35.8 Å². The van der Waals surface area contributed by atoms with Gasteiger partial charge in [0.2, 0.25) is 12.7 Å². The fourth-order valence-electron chi connectivity index (χ4n) is 3.44. The molecule has 1 atom stereocenters. The SMILES string of the molecule is CCC(=O)N1CCC(NC(=NC)NCC(C)(C)c2ccc3c(c2)OCO3)C1.I. The number of carbonyl (C=O) groups excluding carboxylic acids is 1. The smallest absolute Gasteiger partial charge is 0.231 e. The predicted octanol–water partition coefficient (Wildman–Crippen LogP) is 2.49. The Morgan fingerprint density at radius 1 is 1.32 bits per heavy atom. The quantitative estimate of drug-likeness (QED) is 0.368. The van der Waals surface area contributed by atoms with Crippen molar-refractivity contribution in [1.29, 1.82) is 0 Å². The van der Waals surface area contributed by atoms with Crippen molar-refractivity contribution < 1.29 is 14.3 Å². The van der Waals surface area contributed by atoms with Crippen LogP contribution in [-0.2, 0) is 10.2 Å². The lowest BCUT2D eigenvalue weighted by molar-refractivity contribution is -0.129. The molecule has 28 heavy (non-hydrogen) atoms. The Bertz CT molecular complexity index is 723. The summed E-state index contributed by atoms with van der Waals surface area (Å²) in [7, 11) is 1.77. The van der Waals surface area contributed by atoms with Crippen molar-refractivity contribution in [2.24, 2.45) is 4.99 Å². The summed E-state index contributed by atoms with van der Waals surface area (Å²) >= 11 is 0. The fourth-order valence-corrected chi connectivity index (χ4v) is 3.44. The minimum Gasteiger partial charge on any atom is -0.454 e. The van der Waals surface area contributed by atoms with Crippen LogP contribution in [0.15, 0.2) is 23.2 Å². The number of ether oxygens (including phenoxy) is 2. The zero-order chi connectivity index (χ0) is 19.4. The number of carbonyl (C=O) groups is 1. The van der Waals surface area contributed by atoms with Crippen LogP contribution in [0.25, 0.3) is 0 Å². The summed E-state index contributed by atoms with van der Waals surface area (Å²) in [6, 6.07) is 6.33. The molecule has 0 bridgehead atoms. The van der Waals surface area contributed by atoms with Crippen LogP contribution >= 0.6 is 24.0 Å². The molecule has 0 spiro atoms. The van der Waals surface area contributed by atoms with Gasteiger partial charge in [0.15, 0.2) is 17.5 Å². The van der Waals surface area contributed by atoms with Crippen LogP contribution in [0.5, 0.6) is 11.5 Å². The summed E-state index contributed by atoms with van der Waals surface area (Å²) in [5.74, 6) is 2.58. The molecule has 0 aromatic heterocycles. The molecule has 2 N–H and O–H groups in total. The second-order valence-corrected chi connectivity index (χ2v) is 7.70. The summed E-state index contributed by atoms with van der Waals surface area (Å²) in [5.41, 5.74) is 1.06. The maximum atomic E-state index is 11.8. The van der Waals surface area contributed by atoms with Crippen molar-refractivity contribution in [3.63, 3.8) is 0 Å². The molecule has 0 radical (unpaired) electrons. The average Bonchev–Trinajstić information content (AvgIpc) is 3.33. The average molecular weight is 502 g/mol. The maximum Gasteiger partial charge on any atom is 0.231 e. The van der Waals surface area contributed by atoms with Gasteiger partial charge in [0, 0.05) is 44.6 Å². The topological polar surface area (TPSA) is 75.2 Å². The molecule has 0 aliphatic carbocycles. The number of nitrogens with one attached hydrogen (secondary N) is 2. The molecule has 2 aliphatic rings. The molecule has 0 saturated carbocycles. The van der Waals surface area contributed by atoms with Crippen LogP contribution < -0.4 is 20.1 Å². The first-order chi connectivity index (χ1) is 12.9. The molecular formula is C20H31IN4O3. The Morgan fingerprint density at radius 3 is 2.79 bits per heavy atom. The van der Waals surface area contributed by atoms with Gasteiger partial charge in [-0.1, -0.05) is 26.8 Å². The molecule has 1 amide bonds. The molecule has 1 fully saturated rings. The van der Waals surface area contributed by atoms with Crippen molar-refractivity contribution in [2.45, 2.75) is 45.1 Å². The number of nitrogens with zero attached hydrogens (tertiary/aromatic N) is 2. The third-order valence-corrected chi connectivity index (χ3v) is 5.26. The number of halogens is 1. The van der Waals surface area contributed by atoms with Crippen LogP contribution in [0.2, 0.25) is 0 Å². The zero-order valence-electron chi connectivity index (χ0n) is 17.1. The highest BCUT2D eigenvalue weighted by molar-refractivity contribution is 14.0. The normalized spacial score (nSPS) is 18.6. The van der Waals surface area contributed by atoms with Crippen LogP contribution in [0, 0.1) is 0 Å². The Hall–Kier alpha value is -1.71. The van der Waals surface area contributed by atoms with Gasteiger partial charge in [-0.25, -0.2) is 0 Å². The van der Waals surface area contributed by atoms with Gasteiger partial charge in [0.25, 0.3) is 0 Å². The molecule has 1 unspecified atom stereocenters. The molecule has 7 nitrogen and oxygen atoms in total. The summed E-state index contributed by atoms with van der Waals surface area (Å²) in [6.07, 6.45) is 1.50. The first-order valence-corrected chi connectivity index (χ1v) is 9.58. The maximum absolute atomic E-state index is 11.8. The van der Waals surface area contributed by atoms with E-state index in [9.17, 15) is 4.79 Å². The van der Waals surface area contributed by atoms with Crippen LogP contribution in [0.1, 0.15) is 39.2 Å². The Labute approximate surface area is 184 Å². The van der Waals surface area contributed by atoms with E-state index in [0.717, 1.165) is 43.5 Å². The number of likely N-dealkylation sites (tertiary alicyclic amines) is 1. The number of rotatable bonds is 5. The number of amides is 1. The summed E-state index contributed by atoms with van der Waals surface area (Å²) < 4.78 is 10.9. The van der Waals surface area contributed by atoms with Crippen LogP contribution in [-0.4, -0.2) is 56.3 Å². The van der Waals surface area contributed by atoms with E-state index in [1.807, 2.05) is 24.0 Å². The number of aliphatic imine (C=N–C) groups is 1. The second kappa shape index (κ2) is 9.67. The molecule has 2 heterocycles. The molecule has 1 saturated heterocycles. The molecule has 2 aliphatic heterocycles. The summed E-state index contributed by atoms with van der Waals surface area (Å²) in [6.45, 7) is 8.82. The van der Waals surface area contributed by atoms with Gasteiger partial charge in [0.1, 0.15) is 0 Å². The van der Waals surface area contributed by atoms with Crippen LogP contribution in [0.3, 0.4) is 0 Å². The summed E-state index contributed by atoms with van der Waals surface area (Å²) in [4.78, 5) is 18.1. The standard InChI is InChI=1S/C20H30N4O3.HI/c1-5-18(25)24-9-8-15(11-24)23-19(21-4)22-12-20(2,3)14-6-7-16-17(10-14)27-13-26-16;/h6-7,10,15H,5,8-9,11-13H2,1-4H3,(H2,21,22,23);1H. The van der Waals surface area contributed by atoms with E-state index in [0.29, 0.717) is 6.42 Å². The highest BCUT2D eigenvalue weighted by Gasteiger charge is 2.27. The second-order valence-electron chi connectivity index (χ2n) is 7.70. The van der Waals surface area contributed by atoms with Crippen LogP contribution in [0.4, 0.5) is 0 Å². The minimum atomic E-state index is -0.113. The van der Waals surface area contributed by atoms with Crippen molar-refractivity contribution in [2.75, 3.05) is 33.5 Å². The number of benzene rings is 1. The zero-order valence-corrected chi connectivity index (χ0v) is 19.4. The number of guanidine groups is 1. The highest BCUT2D eigenvalue weighted by Crippen LogP contribution is 2.36. The van der Waals surface area contributed by atoms with E-state index in [1.165, 1.54) is 5.56 Å². The summed E-state index contributed by atoms with van der Waals surface area (Å²) in [5, 5.41) is 6.86. The molecule has 8 heteroatoms. The number of fused-ring (bicyclic) bond motifs is 1. The van der Waals surface area contributed by atoms with Gasteiger partial charge in [-0.15, -0.1) is 24.0 Å². The van der Waals surface area contributed by atoms with E-state index in [1.54, 1.807) is 7.05 Å². The van der Waals surface area contributed by atoms with E-state index in [2.05, 4.69) is 35.5 Å². The first-order valence-electron chi connectivity index (χ1n) is 9.58. The number of hydrogen-bond acceptors (Lipinski definition) is 4. The van der Waals surface area contributed by atoms with Gasteiger partial charge in [-0.2, -0.15) is 0 Å². The van der Waals surface area contributed by atoms with Crippen molar-refractivity contribution in [1.82, 2.24) is 15.5 Å². The van der Waals surface area contributed by atoms with Crippen molar-refractivity contribution in [3.8, 4) is 11.5 Å². The van der Waals surface area contributed by atoms with Gasteiger partial charge in [0.05, 0.1) is 0 Å². The van der Waals surface area contributed by atoms with Gasteiger partial charge >= 0.3 is 0 Å². The third kappa shape index (κ3) is 5.21. The Morgan fingerprint density at radius 2 is 2.07 bits per heavy atom. The van der Waals surface area contributed by atoms with Gasteiger partial charge < -0.3 is 25.0 Å². The van der Waals surface area contributed by atoms with E-state index in [4.69, 9.17) is 9.47 Å².